The predicted molar refractivity (Wildman–Crippen MR) is 214 cm³/mol. The zero-order chi connectivity index (χ0) is 35.7. The molecule has 0 amide bonds. The van der Waals surface area contributed by atoms with Gasteiger partial charge in [-0.15, -0.1) is 0 Å². The Balaban J connectivity index is 1.54. The fraction of sp³-hybridized carbons (Fsp3) is 0.435. The molecule has 268 valence electrons. The third kappa shape index (κ3) is 10.6. The summed E-state index contributed by atoms with van der Waals surface area (Å²) >= 11 is 0. The van der Waals surface area contributed by atoms with Crippen molar-refractivity contribution >= 4 is 11.1 Å². The lowest BCUT2D eigenvalue weighted by molar-refractivity contribution is -0.923. The van der Waals surface area contributed by atoms with Crippen LogP contribution in [-0.4, -0.2) is 74.5 Å². The Hall–Kier alpha value is -3.86. The number of quaternary nitrogens is 2. The van der Waals surface area contributed by atoms with Crippen LogP contribution >= 0.6 is 0 Å². The molecular weight excluding hydrogens is 613 g/mol. The van der Waals surface area contributed by atoms with Crippen LogP contribution in [0.4, 0.5) is 0 Å². The summed E-state index contributed by atoms with van der Waals surface area (Å²) in [5, 5.41) is 0. The summed E-state index contributed by atoms with van der Waals surface area (Å²) in [5.74, 6) is 1.85. The van der Waals surface area contributed by atoms with Crippen molar-refractivity contribution in [3.05, 3.63) is 131 Å². The van der Waals surface area contributed by atoms with Crippen LogP contribution in [0.15, 0.2) is 109 Å². The van der Waals surface area contributed by atoms with Crippen molar-refractivity contribution in [3.8, 4) is 11.5 Å². The van der Waals surface area contributed by atoms with Crippen molar-refractivity contribution in [2.45, 2.75) is 67.2 Å². The number of rotatable bonds is 22. The SMILES string of the molecule is CC[N+](CC)(CC)CCCCOc1ccc(/C(=C(\c2ccccc2)c2ccc(OCCCC[N+](CC)(CC)CC)cc2)c2ccccc2)cc1. The highest BCUT2D eigenvalue weighted by molar-refractivity contribution is 6.04. The van der Waals surface area contributed by atoms with Crippen molar-refractivity contribution in [1.82, 2.24) is 0 Å². The van der Waals surface area contributed by atoms with Gasteiger partial charge in [0.05, 0.1) is 65.6 Å². The molecule has 0 saturated heterocycles. The van der Waals surface area contributed by atoms with E-state index in [9.17, 15) is 0 Å². The predicted octanol–water partition coefficient (Wildman–Crippen LogP) is 10.8. The molecule has 4 aromatic rings. The van der Waals surface area contributed by atoms with E-state index in [0.717, 1.165) is 37.6 Å². The first-order valence-corrected chi connectivity index (χ1v) is 19.5. The molecule has 0 spiro atoms. The molecule has 0 aliphatic carbocycles. The highest BCUT2D eigenvalue weighted by atomic mass is 16.5. The lowest BCUT2D eigenvalue weighted by Gasteiger charge is -2.35. The smallest absolute Gasteiger partial charge is 0.119 e. The van der Waals surface area contributed by atoms with E-state index in [4.69, 9.17) is 9.47 Å². The van der Waals surface area contributed by atoms with Gasteiger partial charge in [0.2, 0.25) is 0 Å². The molecule has 4 rings (SSSR count). The average molecular weight is 677 g/mol. The Morgan fingerprint density at radius 3 is 0.980 bits per heavy atom. The largest absolute Gasteiger partial charge is 0.494 e. The van der Waals surface area contributed by atoms with Crippen LogP contribution in [0.3, 0.4) is 0 Å². The summed E-state index contributed by atoms with van der Waals surface area (Å²) in [4.78, 5) is 0. The first-order valence-electron chi connectivity index (χ1n) is 19.5. The molecule has 4 nitrogen and oxygen atoms in total. The maximum Gasteiger partial charge on any atom is 0.119 e. The van der Waals surface area contributed by atoms with Crippen LogP contribution < -0.4 is 9.47 Å². The van der Waals surface area contributed by atoms with Gasteiger partial charge in [-0.25, -0.2) is 0 Å². The molecule has 50 heavy (non-hydrogen) atoms. The van der Waals surface area contributed by atoms with Crippen LogP contribution in [0.5, 0.6) is 11.5 Å². The molecule has 4 aromatic carbocycles. The van der Waals surface area contributed by atoms with E-state index in [2.05, 4.69) is 151 Å². The molecule has 0 fully saturated rings. The second kappa shape index (κ2) is 20.1. The highest BCUT2D eigenvalue weighted by Gasteiger charge is 2.21. The van der Waals surface area contributed by atoms with E-state index < -0.39 is 0 Å². The Morgan fingerprint density at radius 2 is 0.680 bits per heavy atom. The summed E-state index contributed by atoms with van der Waals surface area (Å²) in [6.07, 6.45) is 4.53. The number of nitrogens with zero attached hydrogens (tertiary/aromatic N) is 2. The molecule has 0 bridgehead atoms. The van der Waals surface area contributed by atoms with Gasteiger partial charge in [0.1, 0.15) is 11.5 Å². The monoisotopic (exact) mass is 676 g/mol. The fourth-order valence-corrected chi connectivity index (χ4v) is 7.32. The Kier molecular flexibility index (Phi) is 15.7. The Labute approximate surface area is 304 Å². The van der Waals surface area contributed by atoms with E-state index >= 15 is 0 Å². The summed E-state index contributed by atoms with van der Waals surface area (Å²) < 4.78 is 14.9. The van der Waals surface area contributed by atoms with Gasteiger partial charge in [-0.1, -0.05) is 84.9 Å². The zero-order valence-corrected chi connectivity index (χ0v) is 32.0. The summed E-state index contributed by atoms with van der Waals surface area (Å²) in [7, 11) is 0. The minimum Gasteiger partial charge on any atom is -0.494 e. The summed E-state index contributed by atoms with van der Waals surface area (Å²) in [6, 6.07) is 38.9. The Bertz CT molecular complexity index is 1400. The molecule has 0 aliphatic heterocycles. The van der Waals surface area contributed by atoms with Gasteiger partial charge in [-0.05, 0) is 125 Å². The van der Waals surface area contributed by atoms with Crippen LogP contribution in [-0.2, 0) is 0 Å². The van der Waals surface area contributed by atoms with E-state index in [1.54, 1.807) is 0 Å². The van der Waals surface area contributed by atoms with Gasteiger partial charge >= 0.3 is 0 Å². The molecule has 0 radical (unpaired) electrons. The minimum atomic E-state index is 0.748. The molecule has 4 heteroatoms. The van der Waals surface area contributed by atoms with Gasteiger partial charge in [0.15, 0.2) is 0 Å². The van der Waals surface area contributed by atoms with Crippen LogP contribution in [0.2, 0.25) is 0 Å². The number of ether oxygens (including phenoxy) is 2. The van der Waals surface area contributed by atoms with Gasteiger partial charge in [-0.3, -0.25) is 0 Å². The van der Waals surface area contributed by atoms with Crippen molar-refractivity contribution in [3.63, 3.8) is 0 Å². The summed E-state index contributed by atoms with van der Waals surface area (Å²) in [6.45, 7) is 25.0. The number of hydrogen-bond acceptors (Lipinski definition) is 2. The third-order valence-electron chi connectivity index (χ3n) is 11.3. The van der Waals surface area contributed by atoms with Crippen LogP contribution in [0, 0.1) is 0 Å². The molecule has 0 heterocycles. The second-order valence-corrected chi connectivity index (χ2v) is 13.7. The number of hydrogen-bond donors (Lipinski definition) is 0. The quantitative estimate of drug-likeness (QED) is 0.0469. The Morgan fingerprint density at radius 1 is 0.380 bits per heavy atom. The first-order chi connectivity index (χ1) is 24.5. The minimum absolute atomic E-state index is 0.748. The third-order valence-corrected chi connectivity index (χ3v) is 11.3. The van der Waals surface area contributed by atoms with Crippen molar-refractivity contribution < 1.29 is 18.4 Å². The van der Waals surface area contributed by atoms with E-state index in [1.165, 1.54) is 108 Å². The van der Waals surface area contributed by atoms with Gasteiger partial charge in [-0.2, -0.15) is 0 Å². The van der Waals surface area contributed by atoms with Crippen molar-refractivity contribution in [2.75, 3.05) is 65.6 Å². The average Bonchev–Trinajstić information content (AvgIpc) is 3.18. The highest BCUT2D eigenvalue weighted by Crippen LogP contribution is 2.38. The normalized spacial score (nSPS) is 12.4. The summed E-state index contributed by atoms with van der Waals surface area (Å²) in [5.41, 5.74) is 7.11. The molecule has 0 aliphatic rings. The zero-order valence-electron chi connectivity index (χ0n) is 32.0. The van der Waals surface area contributed by atoms with Crippen LogP contribution in [0.1, 0.15) is 89.5 Å². The number of benzene rings is 4. The molecule has 0 unspecified atom stereocenters. The molecule has 0 saturated carbocycles. The van der Waals surface area contributed by atoms with Gasteiger partial charge in [0, 0.05) is 0 Å². The van der Waals surface area contributed by atoms with E-state index in [0.29, 0.717) is 0 Å². The molecule has 0 aromatic heterocycles. The first kappa shape index (κ1) is 38.9. The molecule has 0 N–H and O–H groups in total. The van der Waals surface area contributed by atoms with E-state index in [1.807, 2.05) is 0 Å². The molecular formula is C46H64N2O2+2. The van der Waals surface area contributed by atoms with E-state index in [-0.39, 0.29) is 0 Å². The van der Waals surface area contributed by atoms with Gasteiger partial charge in [0.25, 0.3) is 0 Å². The molecule has 0 atom stereocenters. The fourth-order valence-electron chi connectivity index (χ4n) is 7.32. The maximum atomic E-state index is 6.25. The van der Waals surface area contributed by atoms with Gasteiger partial charge < -0.3 is 18.4 Å². The number of unbranched alkanes of at least 4 members (excludes halogenated alkanes) is 2. The lowest BCUT2D eigenvalue weighted by atomic mass is 9.86. The standard InChI is InChI=1S/C46H64N2O2/c1-7-47(8-2,9-3)35-19-21-37-49-43-31-27-41(28-32-43)45(39-23-15-13-16-24-39)46(40-25-17-14-18-26-40)42-29-33-44(34-30-42)50-38-22-20-36-48(10-4,11-5)12-6/h13-18,23-34H,7-12,19-22,35-38H2,1-6H3/q+2/b46-45+. The van der Waals surface area contributed by atoms with Crippen molar-refractivity contribution in [1.29, 1.82) is 0 Å². The van der Waals surface area contributed by atoms with Crippen LogP contribution in [0.25, 0.3) is 11.1 Å². The lowest BCUT2D eigenvalue weighted by Crippen LogP contribution is -2.48. The topological polar surface area (TPSA) is 18.5 Å². The maximum absolute atomic E-state index is 6.25. The second-order valence-electron chi connectivity index (χ2n) is 13.7. The van der Waals surface area contributed by atoms with Crippen molar-refractivity contribution in [2.24, 2.45) is 0 Å².